The van der Waals surface area contributed by atoms with Gasteiger partial charge in [-0.2, -0.15) is 9.40 Å². The van der Waals surface area contributed by atoms with Gasteiger partial charge in [0.2, 0.25) is 15.9 Å². The van der Waals surface area contributed by atoms with Gasteiger partial charge in [0.15, 0.2) is 0 Å². The second-order valence-corrected chi connectivity index (χ2v) is 9.41. The van der Waals surface area contributed by atoms with Gasteiger partial charge in [-0.05, 0) is 42.8 Å². The highest BCUT2D eigenvalue weighted by Gasteiger charge is 2.20. The number of carbonyl (C=O) groups is 1. The summed E-state index contributed by atoms with van der Waals surface area (Å²) in [4.78, 5) is 12.4. The van der Waals surface area contributed by atoms with Crippen molar-refractivity contribution in [3.63, 3.8) is 0 Å². The zero-order valence-corrected chi connectivity index (χ0v) is 19.0. The van der Waals surface area contributed by atoms with Crippen molar-refractivity contribution in [2.24, 2.45) is 7.05 Å². The number of amides is 1. The number of aromatic nitrogens is 2. The first-order valence-corrected chi connectivity index (χ1v) is 11.3. The van der Waals surface area contributed by atoms with Crippen LogP contribution in [-0.4, -0.2) is 35.5 Å². The van der Waals surface area contributed by atoms with Crippen molar-refractivity contribution in [3.05, 3.63) is 82.6 Å². The number of anilines is 1. The lowest BCUT2D eigenvalue weighted by Crippen LogP contribution is -2.26. The van der Waals surface area contributed by atoms with Crippen LogP contribution < -0.4 is 5.32 Å². The number of hydrogen-bond donors (Lipinski definition) is 1. The summed E-state index contributed by atoms with van der Waals surface area (Å²) in [5.41, 5.74) is 2.76. The van der Waals surface area contributed by atoms with E-state index < -0.39 is 10.0 Å². The second kappa shape index (κ2) is 9.47. The van der Waals surface area contributed by atoms with E-state index in [0.717, 1.165) is 5.56 Å². The Bertz CT molecular complexity index is 1200. The van der Waals surface area contributed by atoms with E-state index in [4.69, 9.17) is 11.6 Å². The molecular weight excluding hydrogens is 436 g/mol. The minimum Gasteiger partial charge on any atom is -0.323 e. The van der Waals surface area contributed by atoms with Gasteiger partial charge < -0.3 is 5.32 Å². The Morgan fingerprint density at radius 3 is 2.39 bits per heavy atom. The Morgan fingerprint density at radius 1 is 1.16 bits per heavy atom. The Labute approximate surface area is 187 Å². The predicted molar refractivity (Wildman–Crippen MR) is 122 cm³/mol. The van der Waals surface area contributed by atoms with Gasteiger partial charge in [-0.15, -0.1) is 0 Å². The molecule has 0 aliphatic carbocycles. The van der Waals surface area contributed by atoms with Crippen molar-refractivity contribution in [2.75, 3.05) is 12.4 Å². The van der Waals surface area contributed by atoms with Gasteiger partial charge in [0, 0.05) is 38.0 Å². The molecule has 0 radical (unpaired) electrons. The van der Waals surface area contributed by atoms with E-state index in [0.29, 0.717) is 22.1 Å². The maximum atomic E-state index is 12.8. The molecule has 2 aromatic carbocycles. The zero-order valence-electron chi connectivity index (χ0n) is 17.4. The molecule has 1 aromatic heterocycles. The monoisotopic (exact) mass is 458 g/mol. The van der Waals surface area contributed by atoms with Crippen LogP contribution in [0.25, 0.3) is 6.08 Å². The van der Waals surface area contributed by atoms with Crippen LogP contribution in [0.5, 0.6) is 0 Å². The molecule has 162 valence electrons. The van der Waals surface area contributed by atoms with Gasteiger partial charge in [0.05, 0.1) is 10.6 Å². The third-order valence-electron chi connectivity index (χ3n) is 4.68. The number of halogens is 1. The number of rotatable bonds is 7. The minimum absolute atomic E-state index is 0.150. The van der Waals surface area contributed by atoms with Gasteiger partial charge >= 0.3 is 0 Å². The van der Waals surface area contributed by atoms with E-state index >= 15 is 0 Å². The molecule has 0 unspecified atom stereocenters. The number of nitrogens with one attached hydrogen (secondary N) is 1. The molecule has 3 aromatic rings. The van der Waals surface area contributed by atoms with Crippen molar-refractivity contribution in [3.8, 4) is 0 Å². The van der Waals surface area contributed by atoms with Crippen LogP contribution in [-0.2, 0) is 28.4 Å². The molecule has 0 aliphatic heterocycles. The molecule has 1 N–H and O–H groups in total. The lowest BCUT2D eigenvalue weighted by Gasteiger charge is -2.17. The summed E-state index contributed by atoms with van der Waals surface area (Å²) in [7, 11) is -0.395. The number of nitrogens with zero attached hydrogens (tertiary/aromatic N) is 3. The maximum absolute atomic E-state index is 12.8. The zero-order chi connectivity index (χ0) is 22.6. The Morgan fingerprint density at radius 2 is 1.81 bits per heavy atom. The van der Waals surface area contributed by atoms with E-state index in [1.54, 1.807) is 32.2 Å². The summed E-state index contributed by atoms with van der Waals surface area (Å²) in [6.07, 6.45) is 2.95. The Hall–Kier alpha value is -2.94. The molecular formula is C22H23ClN4O3S. The molecule has 0 saturated carbocycles. The first kappa shape index (κ1) is 22.7. The highest BCUT2D eigenvalue weighted by molar-refractivity contribution is 7.89. The fourth-order valence-electron chi connectivity index (χ4n) is 2.99. The summed E-state index contributed by atoms with van der Waals surface area (Å²) in [5, 5.41) is 7.33. The summed E-state index contributed by atoms with van der Waals surface area (Å²) in [5.74, 6) is -0.365. The fraction of sp³-hybridized carbons (Fsp3) is 0.182. The van der Waals surface area contributed by atoms with E-state index in [2.05, 4.69) is 10.4 Å². The average molecular weight is 459 g/mol. The maximum Gasteiger partial charge on any atom is 0.248 e. The van der Waals surface area contributed by atoms with E-state index in [-0.39, 0.29) is 17.3 Å². The Balaban J connectivity index is 1.66. The molecule has 0 atom stereocenters. The van der Waals surface area contributed by atoms with Crippen molar-refractivity contribution < 1.29 is 13.2 Å². The number of benzene rings is 2. The molecule has 0 saturated heterocycles. The van der Waals surface area contributed by atoms with Crippen LogP contribution in [0.15, 0.2) is 65.6 Å². The first-order chi connectivity index (χ1) is 14.7. The standard InChI is InChI=1S/C22H23ClN4O3S/c1-16-20(22(23)27(3)25-16)13-14-21(28)24-18-9-11-19(12-10-18)31(29,30)26(2)15-17-7-5-4-6-8-17/h4-14H,15H2,1-3H3,(H,24,28)/b14-13+. The normalized spacial score (nSPS) is 11.9. The summed E-state index contributed by atoms with van der Waals surface area (Å²) >= 11 is 6.15. The van der Waals surface area contributed by atoms with Crippen molar-refractivity contribution in [1.82, 2.24) is 14.1 Å². The van der Waals surface area contributed by atoms with Gasteiger partial charge in [-0.1, -0.05) is 41.9 Å². The lowest BCUT2D eigenvalue weighted by molar-refractivity contribution is -0.111. The van der Waals surface area contributed by atoms with E-state index in [1.165, 1.54) is 34.2 Å². The van der Waals surface area contributed by atoms with Crippen LogP contribution in [0.2, 0.25) is 5.15 Å². The van der Waals surface area contributed by atoms with E-state index in [1.807, 2.05) is 30.3 Å². The van der Waals surface area contributed by atoms with Crippen molar-refractivity contribution >= 4 is 39.3 Å². The largest absolute Gasteiger partial charge is 0.323 e. The van der Waals surface area contributed by atoms with Gasteiger partial charge in [0.1, 0.15) is 5.15 Å². The van der Waals surface area contributed by atoms with Gasteiger partial charge in [-0.25, -0.2) is 8.42 Å². The molecule has 1 heterocycles. The molecule has 1 amide bonds. The number of carbonyl (C=O) groups excluding carboxylic acids is 1. The Kier molecular flexibility index (Phi) is 6.94. The van der Waals surface area contributed by atoms with Crippen LogP contribution in [0, 0.1) is 6.92 Å². The summed E-state index contributed by atoms with van der Waals surface area (Å²) in [6.45, 7) is 2.07. The van der Waals surface area contributed by atoms with E-state index in [9.17, 15) is 13.2 Å². The van der Waals surface area contributed by atoms with Crippen LogP contribution in [0.3, 0.4) is 0 Å². The number of sulfonamides is 1. The minimum atomic E-state index is -3.65. The average Bonchev–Trinajstić information content (AvgIpc) is 2.98. The highest BCUT2D eigenvalue weighted by Crippen LogP contribution is 2.21. The smallest absolute Gasteiger partial charge is 0.248 e. The molecule has 0 bridgehead atoms. The first-order valence-electron chi connectivity index (χ1n) is 9.47. The topological polar surface area (TPSA) is 84.3 Å². The summed E-state index contributed by atoms with van der Waals surface area (Å²) in [6, 6.07) is 15.4. The highest BCUT2D eigenvalue weighted by atomic mass is 35.5. The van der Waals surface area contributed by atoms with Crippen LogP contribution in [0.1, 0.15) is 16.8 Å². The van der Waals surface area contributed by atoms with Crippen molar-refractivity contribution in [2.45, 2.75) is 18.4 Å². The fourth-order valence-corrected chi connectivity index (χ4v) is 4.39. The lowest BCUT2D eigenvalue weighted by atomic mass is 10.2. The van der Waals surface area contributed by atoms with Crippen LogP contribution >= 0.6 is 11.6 Å². The predicted octanol–water partition coefficient (Wildman–Crippen LogP) is 3.85. The summed E-state index contributed by atoms with van der Waals surface area (Å²) < 4.78 is 28.4. The number of aryl methyl sites for hydroxylation is 2. The quantitative estimate of drug-likeness (QED) is 0.545. The third kappa shape index (κ3) is 5.41. The third-order valence-corrected chi connectivity index (χ3v) is 6.94. The van der Waals surface area contributed by atoms with Gasteiger partial charge in [0.25, 0.3) is 0 Å². The molecule has 0 fully saturated rings. The molecule has 31 heavy (non-hydrogen) atoms. The molecule has 3 rings (SSSR count). The van der Waals surface area contributed by atoms with Crippen LogP contribution in [0.4, 0.5) is 5.69 Å². The second-order valence-electron chi connectivity index (χ2n) is 7.01. The number of hydrogen-bond acceptors (Lipinski definition) is 4. The van der Waals surface area contributed by atoms with Crippen molar-refractivity contribution in [1.29, 1.82) is 0 Å². The SMILES string of the molecule is Cc1nn(C)c(Cl)c1/C=C/C(=O)Nc1ccc(S(=O)(=O)N(C)Cc2ccccc2)cc1. The molecule has 0 spiro atoms. The molecule has 0 aliphatic rings. The van der Waals surface area contributed by atoms with Gasteiger partial charge in [-0.3, -0.25) is 9.48 Å². The molecule has 9 heteroatoms. The molecule has 7 nitrogen and oxygen atoms in total.